The summed E-state index contributed by atoms with van der Waals surface area (Å²) < 4.78 is 4.68. The van der Waals surface area contributed by atoms with Crippen LogP contribution >= 0.6 is 0 Å². The van der Waals surface area contributed by atoms with E-state index >= 15 is 0 Å². The Morgan fingerprint density at radius 3 is 2.40 bits per heavy atom. The molecule has 0 aromatic heterocycles. The van der Waals surface area contributed by atoms with Gasteiger partial charge in [0.25, 0.3) is 0 Å². The van der Waals surface area contributed by atoms with Gasteiger partial charge in [-0.1, -0.05) is 27.0 Å². The van der Waals surface area contributed by atoms with Crippen molar-refractivity contribution >= 4 is 5.78 Å². The van der Waals surface area contributed by atoms with Crippen LogP contribution in [-0.4, -0.2) is 5.78 Å². The first-order valence-electron chi connectivity index (χ1n) is 3.10. The minimum Gasteiger partial charge on any atom is -0.463 e. The smallest absolute Gasteiger partial charge is 0.199 e. The lowest BCUT2D eigenvalue weighted by atomic mass is 10.1. The van der Waals surface area contributed by atoms with Crippen molar-refractivity contribution in [3.05, 3.63) is 25.2 Å². The Balaban J connectivity index is 3.95. The molecule has 0 amide bonds. The zero-order chi connectivity index (χ0) is 8.15. The third-order valence-corrected chi connectivity index (χ3v) is 1.02. The van der Waals surface area contributed by atoms with Crippen LogP contribution in [0.4, 0.5) is 0 Å². The summed E-state index contributed by atoms with van der Waals surface area (Å²) in [6.07, 6.45) is 1.20. The van der Waals surface area contributed by atoms with Crippen molar-refractivity contribution in [3.63, 3.8) is 0 Å². The fourth-order valence-electron chi connectivity index (χ4n) is 0.481. The van der Waals surface area contributed by atoms with Crippen LogP contribution in [0.3, 0.4) is 0 Å². The van der Waals surface area contributed by atoms with Crippen LogP contribution in [0.2, 0.25) is 0 Å². The molecule has 56 valence electrons. The van der Waals surface area contributed by atoms with Gasteiger partial charge in [0.05, 0.1) is 6.26 Å². The number of ketones is 1. The highest BCUT2D eigenvalue weighted by Gasteiger charge is 2.11. The molecule has 0 saturated carbocycles. The first-order valence-corrected chi connectivity index (χ1v) is 3.10. The second-order valence-corrected chi connectivity index (χ2v) is 2.23. The minimum absolute atomic E-state index is 0.0625. The maximum Gasteiger partial charge on any atom is 0.199 e. The topological polar surface area (TPSA) is 26.3 Å². The van der Waals surface area contributed by atoms with E-state index in [1.54, 1.807) is 13.8 Å². The average Bonchev–Trinajstić information content (AvgIpc) is 1.87. The van der Waals surface area contributed by atoms with Crippen molar-refractivity contribution in [2.24, 2.45) is 5.92 Å². The molecular formula is C8H12O2. The molecule has 0 fully saturated rings. The van der Waals surface area contributed by atoms with Gasteiger partial charge in [0.1, 0.15) is 0 Å². The maximum atomic E-state index is 11.0. The molecule has 0 aliphatic heterocycles. The van der Waals surface area contributed by atoms with Crippen molar-refractivity contribution in [1.29, 1.82) is 0 Å². The summed E-state index contributed by atoms with van der Waals surface area (Å²) >= 11 is 0. The van der Waals surface area contributed by atoms with E-state index in [1.807, 2.05) is 0 Å². The van der Waals surface area contributed by atoms with E-state index in [2.05, 4.69) is 17.9 Å². The van der Waals surface area contributed by atoms with E-state index in [9.17, 15) is 4.79 Å². The van der Waals surface area contributed by atoms with Crippen molar-refractivity contribution in [3.8, 4) is 0 Å². The predicted octanol–water partition coefficient (Wildman–Crippen LogP) is 1.89. The fraction of sp³-hybridized carbons (Fsp3) is 0.375. The monoisotopic (exact) mass is 140 g/mol. The highest BCUT2D eigenvalue weighted by molar-refractivity contribution is 5.94. The highest BCUT2D eigenvalue weighted by atomic mass is 16.5. The molecule has 0 spiro atoms. The third-order valence-electron chi connectivity index (χ3n) is 1.02. The third kappa shape index (κ3) is 2.49. The summed E-state index contributed by atoms with van der Waals surface area (Å²) in [6, 6.07) is 0. The van der Waals surface area contributed by atoms with Gasteiger partial charge in [0, 0.05) is 5.92 Å². The van der Waals surface area contributed by atoms with Crippen LogP contribution < -0.4 is 0 Å². The van der Waals surface area contributed by atoms with Crippen LogP contribution in [0.25, 0.3) is 0 Å². The van der Waals surface area contributed by atoms with E-state index in [4.69, 9.17) is 0 Å². The molecular weight excluding hydrogens is 128 g/mol. The standard InChI is InChI=1S/C8H12O2/c1-5-10-7(4)8(9)6(2)3/h5-6H,1,4H2,2-3H3. The molecule has 0 aliphatic rings. The largest absolute Gasteiger partial charge is 0.463 e. The van der Waals surface area contributed by atoms with Gasteiger partial charge in [0.2, 0.25) is 0 Å². The summed E-state index contributed by atoms with van der Waals surface area (Å²) in [6.45, 7) is 10.3. The van der Waals surface area contributed by atoms with E-state index in [1.165, 1.54) is 6.26 Å². The normalized spacial score (nSPS) is 9.10. The van der Waals surface area contributed by atoms with E-state index in [-0.39, 0.29) is 17.5 Å². The Morgan fingerprint density at radius 1 is 1.60 bits per heavy atom. The number of carbonyl (C=O) groups is 1. The van der Waals surface area contributed by atoms with Crippen LogP contribution in [-0.2, 0) is 9.53 Å². The van der Waals surface area contributed by atoms with Gasteiger partial charge in [0.15, 0.2) is 11.5 Å². The van der Waals surface area contributed by atoms with Crippen molar-refractivity contribution in [2.75, 3.05) is 0 Å². The Labute approximate surface area is 61.2 Å². The van der Waals surface area contributed by atoms with E-state index in [0.717, 1.165) is 0 Å². The molecule has 2 heteroatoms. The van der Waals surface area contributed by atoms with Gasteiger partial charge in [-0.15, -0.1) is 0 Å². The summed E-state index contributed by atoms with van der Waals surface area (Å²) in [7, 11) is 0. The number of allylic oxidation sites excluding steroid dienone is 1. The molecule has 0 aromatic rings. The van der Waals surface area contributed by atoms with Crippen LogP contribution in [0, 0.1) is 5.92 Å². The number of ether oxygens (including phenoxy) is 1. The van der Waals surface area contributed by atoms with Crippen LogP contribution in [0.5, 0.6) is 0 Å². The van der Waals surface area contributed by atoms with Crippen molar-refractivity contribution in [1.82, 2.24) is 0 Å². The van der Waals surface area contributed by atoms with Crippen molar-refractivity contribution in [2.45, 2.75) is 13.8 Å². The molecule has 0 N–H and O–H groups in total. The predicted molar refractivity (Wildman–Crippen MR) is 40.3 cm³/mol. The SMILES string of the molecule is C=COC(=C)C(=O)C(C)C. The molecule has 0 rings (SSSR count). The molecule has 0 bridgehead atoms. The molecule has 0 aromatic carbocycles. The summed E-state index contributed by atoms with van der Waals surface area (Å²) in [4.78, 5) is 11.0. The lowest BCUT2D eigenvalue weighted by Gasteiger charge is -2.04. The van der Waals surface area contributed by atoms with Crippen LogP contribution in [0.1, 0.15) is 13.8 Å². The molecule has 0 heterocycles. The summed E-state index contributed by atoms with van der Waals surface area (Å²) in [5.41, 5.74) is 0. The summed E-state index contributed by atoms with van der Waals surface area (Å²) in [5, 5.41) is 0. The Hall–Kier alpha value is -1.05. The van der Waals surface area contributed by atoms with Gasteiger partial charge >= 0.3 is 0 Å². The molecule has 0 radical (unpaired) electrons. The zero-order valence-electron chi connectivity index (χ0n) is 6.39. The van der Waals surface area contributed by atoms with Gasteiger partial charge in [-0.05, 0) is 0 Å². The van der Waals surface area contributed by atoms with Crippen molar-refractivity contribution < 1.29 is 9.53 Å². The van der Waals surface area contributed by atoms with Gasteiger partial charge < -0.3 is 4.74 Å². The molecule has 0 unspecified atom stereocenters. The number of hydrogen-bond acceptors (Lipinski definition) is 2. The van der Waals surface area contributed by atoms with E-state index in [0.29, 0.717) is 0 Å². The Kier molecular flexibility index (Phi) is 3.47. The quantitative estimate of drug-likeness (QED) is 0.440. The molecule has 2 nitrogen and oxygen atoms in total. The van der Waals surface area contributed by atoms with Gasteiger partial charge in [-0.25, -0.2) is 0 Å². The second-order valence-electron chi connectivity index (χ2n) is 2.23. The zero-order valence-corrected chi connectivity index (χ0v) is 6.39. The average molecular weight is 140 g/mol. The molecule has 10 heavy (non-hydrogen) atoms. The molecule has 0 atom stereocenters. The molecule has 0 saturated heterocycles. The van der Waals surface area contributed by atoms with Gasteiger partial charge in [-0.3, -0.25) is 4.79 Å². The van der Waals surface area contributed by atoms with E-state index < -0.39 is 0 Å². The Bertz CT molecular complexity index is 157. The van der Waals surface area contributed by atoms with Crippen LogP contribution in [0.15, 0.2) is 25.2 Å². The highest BCUT2D eigenvalue weighted by Crippen LogP contribution is 2.04. The number of rotatable bonds is 4. The second kappa shape index (κ2) is 3.88. The lowest BCUT2D eigenvalue weighted by Crippen LogP contribution is -2.09. The summed E-state index contributed by atoms with van der Waals surface area (Å²) in [5.74, 6) is 0.0114. The number of hydrogen-bond donors (Lipinski definition) is 0. The maximum absolute atomic E-state index is 11.0. The number of carbonyl (C=O) groups excluding carboxylic acids is 1. The lowest BCUT2D eigenvalue weighted by molar-refractivity contribution is -0.120. The molecule has 0 aliphatic carbocycles. The minimum atomic E-state index is -0.0834. The fourth-order valence-corrected chi connectivity index (χ4v) is 0.481. The first-order chi connectivity index (χ1) is 4.59. The Morgan fingerprint density at radius 2 is 2.10 bits per heavy atom. The van der Waals surface area contributed by atoms with Gasteiger partial charge in [-0.2, -0.15) is 0 Å². The number of Topliss-reactive ketones (excluding diaryl/α,β-unsaturated/α-hetero) is 1. The first kappa shape index (κ1) is 8.95.